The molecule has 2 rings (SSSR count). The van der Waals surface area contributed by atoms with Crippen molar-refractivity contribution in [2.75, 3.05) is 12.3 Å². The van der Waals surface area contributed by atoms with Crippen LogP contribution in [0.3, 0.4) is 0 Å². The van der Waals surface area contributed by atoms with Crippen LogP contribution in [0.15, 0.2) is 12.1 Å². The van der Waals surface area contributed by atoms with Gasteiger partial charge < -0.3 is 5.32 Å². The van der Waals surface area contributed by atoms with E-state index in [4.69, 9.17) is 0 Å². The predicted octanol–water partition coefficient (Wildman–Crippen LogP) is 3.82. The van der Waals surface area contributed by atoms with Crippen molar-refractivity contribution in [1.29, 1.82) is 0 Å². The third-order valence-corrected chi connectivity index (χ3v) is 4.85. The molecule has 0 amide bonds. The Hall–Kier alpha value is -0.610. The zero-order valence-corrected chi connectivity index (χ0v) is 11.6. The third kappa shape index (κ3) is 2.69. The predicted molar refractivity (Wildman–Crippen MR) is 73.0 cm³/mol. The first-order chi connectivity index (χ1) is 8.65. The van der Waals surface area contributed by atoms with Crippen LogP contribution < -0.4 is 5.32 Å². The van der Waals surface area contributed by atoms with E-state index in [1.807, 2.05) is 18.7 Å². The van der Waals surface area contributed by atoms with Gasteiger partial charge in [0.15, 0.2) is 0 Å². The minimum atomic E-state index is -0.434. The Labute approximate surface area is 111 Å². The van der Waals surface area contributed by atoms with E-state index in [9.17, 15) is 8.78 Å². The van der Waals surface area contributed by atoms with Gasteiger partial charge >= 0.3 is 0 Å². The van der Waals surface area contributed by atoms with Crippen molar-refractivity contribution in [3.05, 3.63) is 34.9 Å². The van der Waals surface area contributed by atoms with Crippen LogP contribution in [0, 0.1) is 18.6 Å². The molecule has 0 radical (unpaired) electrons. The lowest BCUT2D eigenvalue weighted by Gasteiger charge is -2.25. The normalized spacial score (nSPS) is 21.2. The highest BCUT2D eigenvalue weighted by molar-refractivity contribution is 8.00. The first-order valence-electron chi connectivity index (χ1n) is 6.44. The Balaban J connectivity index is 2.38. The Kier molecular flexibility index (Phi) is 4.62. The fourth-order valence-corrected chi connectivity index (χ4v) is 3.86. The van der Waals surface area contributed by atoms with E-state index in [2.05, 4.69) is 5.32 Å². The maximum absolute atomic E-state index is 14.2. The van der Waals surface area contributed by atoms with Crippen molar-refractivity contribution >= 4 is 11.8 Å². The topological polar surface area (TPSA) is 12.0 Å². The van der Waals surface area contributed by atoms with E-state index in [1.165, 1.54) is 12.1 Å². The molecule has 1 aromatic carbocycles. The van der Waals surface area contributed by atoms with Gasteiger partial charge in [0.2, 0.25) is 0 Å². The van der Waals surface area contributed by atoms with Crippen LogP contribution in [-0.2, 0) is 0 Å². The molecule has 1 aromatic rings. The number of rotatable bonds is 4. The van der Waals surface area contributed by atoms with Gasteiger partial charge in [-0.15, -0.1) is 0 Å². The molecule has 0 aliphatic carbocycles. The molecule has 1 saturated heterocycles. The highest BCUT2D eigenvalue weighted by Crippen LogP contribution is 2.38. The molecule has 1 aliphatic heterocycles. The summed E-state index contributed by atoms with van der Waals surface area (Å²) in [5.41, 5.74) is 0.730. The lowest BCUT2D eigenvalue weighted by Crippen LogP contribution is -2.30. The number of nitrogens with one attached hydrogen (secondary N) is 1. The van der Waals surface area contributed by atoms with E-state index >= 15 is 0 Å². The highest BCUT2D eigenvalue weighted by atomic mass is 32.2. The van der Waals surface area contributed by atoms with Crippen molar-refractivity contribution in [1.82, 2.24) is 5.32 Å². The van der Waals surface area contributed by atoms with Gasteiger partial charge in [-0.05, 0) is 43.7 Å². The summed E-state index contributed by atoms with van der Waals surface area (Å²) in [6.07, 6.45) is 2.15. The van der Waals surface area contributed by atoms with Crippen molar-refractivity contribution in [3.63, 3.8) is 0 Å². The maximum atomic E-state index is 14.2. The van der Waals surface area contributed by atoms with Crippen LogP contribution >= 0.6 is 11.8 Å². The van der Waals surface area contributed by atoms with Gasteiger partial charge in [-0.3, -0.25) is 0 Å². The van der Waals surface area contributed by atoms with E-state index in [0.29, 0.717) is 12.1 Å². The molecule has 4 heteroatoms. The van der Waals surface area contributed by atoms with Gasteiger partial charge in [-0.1, -0.05) is 13.0 Å². The zero-order chi connectivity index (χ0) is 13.1. The van der Waals surface area contributed by atoms with Crippen LogP contribution in [0.25, 0.3) is 0 Å². The van der Waals surface area contributed by atoms with E-state index in [0.717, 1.165) is 18.6 Å². The molecule has 0 saturated carbocycles. The monoisotopic (exact) mass is 271 g/mol. The molecule has 1 nitrogen and oxygen atoms in total. The molecule has 100 valence electrons. The van der Waals surface area contributed by atoms with Crippen molar-refractivity contribution in [2.45, 2.75) is 38.0 Å². The lowest BCUT2D eigenvalue weighted by atomic mass is 9.97. The number of aryl methyl sites for hydroxylation is 1. The molecule has 1 aliphatic rings. The Morgan fingerprint density at radius 3 is 2.83 bits per heavy atom. The summed E-state index contributed by atoms with van der Waals surface area (Å²) in [4.78, 5) is 0. The number of hydrogen-bond acceptors (Lipinski definition) is 2. The molecule has 0 spiro atoms. The van der Waals surface area contributed by atoms with Crippen LogP contribution in [0.2, 0.25) is 0 Å². The largest absolute Gasteiger partial charge is 0.309 e. The average molecular weight is 271 g/mol. The second-order valence-corrected chi connectivity index (χ2v) is 6.03. The number of halogens is 2. The molecule has 2 unspecified atom stereocenters. The van der Waals surface area contributed by atoms with E-state index in [1.54, 1.807) is 6.92 Å². The molecule has 2 atom stereocenters. The molecule has 0 bridgehead atoms. The van der Waals surface area contributed by atoms with Crippen LogP contribution in [0.5, 0.6) is 0 Å². The minimum absolute atomic E-state index is 0.219. The summed E-state index contributed by atoms with van der Waals surface area (Å²) in [6.45, 7) is 4.37. The SMILES string of the molecule is CCNC(c1c(F)ccc(C)c1F)C1CCCS1. The van der Waals surface area contributed by atoms with Gasteiger partial charge in [-0.2, -0.15) is 11.8 Å². The van der Waals surface area contributed by atoms with Crippen molar-refractivity contribution in [3.8, 4) is 0 Å². The molecule has 1 heterocycles. The average Bonchev–Trinajstić information content (AvgIpc) is 2.87. The third-order valence-electron chi connectivity index (χ3n) is 3.39. The Morgan fingerprint density at radius 2 is 2.22 bits per heavy atom. The number of hydrogen-bond donors (Lipinski definition) is 1. The van der Waals surface area contributed by atoms with Crippen molar-refractivity contribution < 1.29 is 8.78 Å². The number of thioether (sulfide) groups is 1. The van der Waals surface area contributed by atoms with Crippen molar-refractivity contribution in [2.24, 2.45) is 0 Å². The summed E-state index contributed by atoms with van der Waals surface area (Å²) in [7, 11) is 0. The maximum Gasteiger partial charge on any atom is 0.133 e. The molecule has 1 N–H and O–H groups in total. The fourth-order valence-electron chi connectivity index (χ4n) is 2.47. The van der Waals surface area contributed by atoms with Gasteiger partial charge in [-0.25, -0.2) is 8.78 Å². The van der Waals surface area contributed by atoms with Gasteiger partial charge in [0, 0.05) is 16.9 Å². The first kappa shape index (κ1) is 13.8. The summed E-state index contributed by atoms with van der Waals surface area (Å²) in [5, 5.41) is 3.52. The molecule has 1 fully saturated rings. The standard InChI is InChI=1S/C14H19F2NS/c1-3-17-14(11-5-4-8-18-11)12-10(15)7-6-9(2)13(12)16/h6-7,11,14,17H,3-5,8H2,1-2H3. The molecular formula is C14H19F2NS. The highest BCUT2D eigenvalue weighted by Gasteiger charge is 2.30. The van der Waals surface area contributed by atoms with Gasteiger partial charge in [0.1, 0.15) is 11.6 Å². The summed E-state index contributed by atoms with van der Waals surface area (Å²) >= 11 is 1.81. The second-order valence-electron chi connectivity index (χ2n) is 4.68. The molecular weight excluding hydrogens is 252 g/mol. The van der Waals surface area contributed by atoms with E-state index in [-0.39, 0.29) is 16.9 Å². The van der Waals surface area contributed by atoms with Gasteiger partial charge in [0.25, 0.3) is 0 Å². The first-order valence-corrected chi connectivity index (χ1v) is 7.49. The summed E-state index contributed by atoms with van der Waals surface area (Å²) < 4.78 is 28.2. The van der Waals surface area contributed by atoms with Crippen LogP contribution in [0.1, 0.15) is 36.9 Å². The zero-order valence-electron chi connectivity index (χ0n) is 10.8. The van der Waals surface area contributed by atoms with E-state index < -0.39 is 11.6 Å². The Bertz CT molecular complexity index is 417. The van der Waals surface area contributed by atoms with Crippen LogP contribution in [0.4, 0.5) is 8.78 Å². The number of benzene rings is 1. The summed E-state index contributed by atoms with van der Waals surface area (Å²) in [5.74, 6) is 0.256. The van der Waals surface area contributed by atoms with Gasteiger partial charge in [0.05, 0.1) is 0 Å². The minimum Gasteiger partial charge on any atom is -0.309 e. The second kappa shape index (κ2) is 6.02. The lowest BCUT2D eigenvalue weighted by molar-refractivity contribution is 0.456. The smallest absolute Gasteiger partial charge is 0.133 e. The Morgan fingerprint density at radius 1 is 1.44 bits per heavy atom. The van der Waals surface area contributed by atoms with Crippen LogP contribution in [-0.4, -0.2) is 17.5 Å². The summed E-state index contributed by atoms with van der Waals surface area (Å²) in [6, 6.07) is 2.65. The fraction of sp³-hybridized carbons (Fsp3) is 0.571. The molecule has 18 heavy (non-hydrogen) atoms. The quantitative estimate of drug-likeness (QED) is 0.893. The molecule has 0 aromatic heterocycles.